The molecule has 0 aromatic carbocycles. The van der Waals surface area contributed by atoms with Crippen molar-refractivity contribution in [2.75, 3.05) is 6.54 Å². The van der Waals surface area contributed by atoms with Crippen LogP contribution in [0.2, 0.25) is 0 Å². The number of thiocarbonyl (C=S) groups is 1. The van der Waals surface area contributed by atoms with Gasteiger partial charge in [0.1, 0.15) is 0 Å². The van der Waals surface area contributed by atoms with Gasteiger partial charge in [-0.25, -0.2) is 0 Å². The Hall–Kier alpha value is -0.640. The van der Waals surface area contributed by atoms with E-state index in [1.165, 1.54) is 0 Å². The molecular weight excluding hydrogens is 184 g/mol. The van der Waals surface area contributed by atoms with Crippen LogP contribution in [0.5, 0.6) is 0 Å². The maximum Gasteiger partial charge on any atom is 0.223 e. The maximum absolute atomic E-state index is 11.3. The van der Waals surface area contributed by atoms with Gasteiger partial charge in [0.15, 0.2) is 0 Å². The van der Waals surface area contributed by atoms with Gasteiger partial charge in [-0.2, -0.15) is 0 Å². The zero-order valence-electron chi connectivity index (χ0n) is 7.88. The van der Waals surface area contributed by atoms with Gasteiger partial charge in [0.05, 0.1) is 4.99 Å². The average molecular weight is 200 g/mol. The van der Waals surface area contributed by atoms with Gasteiger partial charge < -0.3 is 11.1 Å². The minimum Gasteiger partial charge on any atom is -0.393 e. The zero-order chi connectivity index (χ0) is 9.84. The molecule has 1 aliphatic carbocycles. The molecule has 0 aromatic rings. The van der Waals surface area contributed by atoms with Gasteiger partial charge in [0, 0.05) is 12.5 Å². The van der Waals surface area contributed by atoms with E-state index in [1.807, 2.05) is 0 Å². The lowest BCUT2D eigenvalue weighted by molar-refractivity contribution is -0.122. The van der Waals surface area contributed by atoms with Gasteiger partial charge in [-0.3, -0.25) is 4.79 Å². The first-order valence-electron chi connectivity index (χ1n) is 4.67. The van der Waals surface area contributed by atoms with Crippen LogP contribution in [0.4, 0.5) is 0 Å². The van der Waals surface area contributed by atoms with Crippen molar-refractivity contribution in [3.63, 3.8) is 0 Å². The second kappa shape index (κ2) is 4.56. The number of carbonyl (C=O) groups is 1. The van der Waals surface area contributed by atoms with E-state index in [1.54, 1.807) is 0 Å². The van der Waals surface area contributed by atoms with Crippen molar-refractivity contribution in [1.82, 2.24) is 5.32 Å². The highest BCUT2D eigenvalue weighted by Crippen LogP contribution is 2.37. The molecule has 0 saturated heterocycles. The van der Waals surface area contributed by atoms with Gasteiger partial charge in [-0.1, -0.05) is 19.1 Å². The SMILES string of the molecule is CC1CC1C(=O)NCCCC(N)=S. The Bertz CT molecular complexity index is 218. The predicted molar refractivity (Wildman–Crippen MR) is 56.3 cm³/mol. The highest BCUT2D eigenvalue weighted by molar-refractivity contribution is 7.80. The lowest BCUT2D eigenvalue weighted by Gasteiger charge is -2.03. The quantitative estimate of drug-likeness (QED) is 0.510. The molecule has 13 heavy (non-hydrogen) atoms. The summed E-state index contributed by atoms with van der Waals surface area (Å²) >= 11 is 4.72. The van der Waals surface area contributed by atoms with Crippen LogP contribution >= 0.6 is 12.2 Å². The molecule has 1 aliphatic rings. The molecule has 0 heterocycles. The molecule has 2 unspecified atom stereocenters. The molecule has 2 atom stereocenters. The summed E-state index contributed by atoms with van der Waals surface area (Å²) in [7, 11) is 0. The summed E-state index contributed by atoms with van der Waals surface area (Å²) in [6, 6.07) is 0. The fourth-order valence-corrected chi connectivity index (χ4v) is 1.44. The van der Waals surface area contributed by atoms with Gasteiger partial charge in [-0.15, -0.1) is 0 Å². The highest BCUT2D eigenvalue weighted by atomic mass is 32.1. The summed E-state index contributed by atoms with van der Waals surface area (Å²) in [5, 5.41) is 2.88. The topological polar surface area (TPSA) is 55.1 Å². The molecule has 1 fully saturated rings. The molecule has 0 aromatic heterocycles. The van der Waals surface area contributed by atoms with E-state index < -0.39 is 0 Å². The molecule has 3 N–H and O–H groups in total. The van der Waals surface area contributed by atoms with Crippen LogP contribution in [0.25, 0.3) is 0 Å². The van der Waals surface area contributed by atoms with Crippen LogP contribution in [-0.2, 0) is 4.79 Å². The fourth-order valence-electron chi connectivity index (χ4n) is 1.29. The first-order valence-corrected chi connectivity index (χ1v) is 5.08. The maximum atomic E-state index is 11.3. The molecule has 0 radical (unpaired) electrons. The van der Waals surface area contributed by atoms with Crippen LogP contribution in [0.15, 0.2) is 0 Å². The van der Waals surface area contributed by atoms with E-state index in [0.29, 0.717) is 17.5 Å². The van der Waals surface area contributed by atoms with E-state index in [0.717, 1.165) is 19.3 Å². The summed E-state index contributed by atoms with van der Waals surface area (Å²) < 4.78 is 0. The fraction of sp³-hybridized carbons (Fsp3) is 0.778. The summed E-state index contributed by atoms with van der Waals surface area (Å²) in [6.07, 6.45) is 2.61. The van der Waals surface area contributed by atoms with Gasteiger partial charge >= 0.3 is 0 Å². The third-order valence-electron chi connectivity index (χ3n) is 2.35. The zero-order valence-corrected chi connectivity index (χ0v) is 8.69. The molecule has 1 saturated carbocycles. The molecule has 1 rings (SSSR count). The first kappa shape index (κ1) is 10.4. The van der Waals surface area contributed by atoms with Crippen molar-refractivity contribution in [2.24, 2.45) is 17.6 Å². The summed E-state index contributed by atoms with van der Waals surface area (Å²) in [4.78, 5) is 11.8. The van der Waals surface area contributed by atoms with Crippen LogP contribution < -0.4 is 11.1 Å². The Kier molecular flexibility index (Phi) is 3.66. The van der Waals surface area contributed by atoms with Crippen molar-refractivity contribution < 1.29 is 4.79 Å². The lowest BCUT2D eigenvalue weighted by atomic mass is 10.3. The van der Waals surface area contributed by atoms with E-state index in [2.05, 4.69) is 12.2 Å². The molecule has 0 bridgehead atoms. The molecule has 74 valence electrons. The third kappa shape index (κ3) is 3.72. The van der Waals surface area contributed by atoms with Crippen molar-refractivity contribution >= 4 is 23.1 Å². The molecule has 1 amide bonds. The first-order chi connectivity index (χ1) is 6.11. The number of nitrogens with two attached hydrogens (primary N) is 1. The predicted octanol–water partition coefficient (Wildman–Crippen LogP) is 0.825. The average Bonchev–Trinajstić information content (AvgIpc) is 2.75. The minimum atomic E-state index is 0.190. The second-order valence-corrected chi connectivity index (χ2v) is 4.20. The molecule has 0 spiro atoms. The number of rotatable bonds is 5. The van der Waals surface area contributed by atoms with Gasteiger partial charge in [-0.05, 0) is 25.2 Å². The van der Waals surface area contributed by atoms with Crippen molar-refractivity contribution in [3.05, 3.63) is 0 Å². The smallest absolute Gasteiger partial charge is 0.223 e. The van der Waals surface area contributed by atoms with E-state index in [-0.39, 0.29) is 11.8 Å². The monoisotopic (exact) mass is 200 g/mol. The third-order valence-corrected chi connectivity index (χ3v) is 2.55. The van der Waals surface area contributed by atoms with Crippen LogP contribution in [0, 0.1) is 11.8 Å². The molecule has 0 aliphatic heterocycles. The second-order valence-electron chi connectivity index (χ2n) is 3.68. The standard InChI is InChI=1S/C9H16N2OS/c1-6-5-7(6)9(12)11-4-2-3-8(10)13/h6-7H,2-5H2,1H3,(H2,10,13)(H,11,12). The molecule has 3 nitrogen and oxygen atoms in total. The summed E-state index contributed by atoms with van der Waals surface area (Å²) in [5.41, 5.74) is 5.32. The Labute approximate surface area is 84.1 Å². The van der Waals surface area contributed by atoms with Gasteiger partial charge in [0.2, 0.25) is 5.91 Å². The van der Waals surface area contributed by atoms with Crippen molar-refractivity contribution in [1.29, 1.82) is 0 Å². The summed E-state index contributed by atoms with van der Waals surface area (Å²) in [5.74, 6) is 1.04. The Morgan fingerprint density at radius 3 is 2.77 bits per heavy atom. The number of hydrogen-bond acceptors (Lipinski definition) is 2. The van der Waals surface area contributed by atoms with Gasteiger partial charge in [0.25, 0.3) is 0 Å². The largest absolute Gasteiger partial charge is 0.393 e. The van der Waals surface area contributed by atoms with Crippen LogP contribution in [0.3, 0.4) is 0 Å². The Morgan fingerprint density at radius 2 is 2.31 bits per heavy atom. The minimum absolute atomic E-state index is 0.190. The Balaban J connectivity index is 1.99. The molecule has 4 heteroatoms. The normalized spacial score (nSPS) is 25.3. The lowest BCUT2D eigenvalue weighted by Crippen LogP contribution is -2.27. The number of carbonyl (C=O) groups excluding carboxylic acids is 1. The number of nitrogens with one attached hydrogen (secondary N) is 1. The summed E-state index contributed by atoms with van der Waals surface area (Å²) in [6.45, 7) is 2.79. The van der Waals surface area contributed by atoms with E-state index in [9.17, 15) is 4.79 Å². The van der Waals surface area contributed by atoms with Crippen molar-refractivity contribution in [2.45, 2.75) is 26.2 Å². The Morgan fingerprint density at radius 1 is 1.69 bits per heavy atom. The molecular formula is C9H16N2OS. The van der Waals surface area contributed by atoms with E-state index >= 15 is 0 Å². The van der Waals surface area contributed by atoms with Crippen molar-refractivity contribution in [3.8, 4) is 0 Å². The van der Waals surface area contributed by atoms with Crippen LogP contribution in [0.1, 0.15) is 26.2 Å². The highest BCUT2D eigenvalue weighted by Gasteiger charge is 2.38. The van der Waals surface area contributed by atoms with Crippen LogP contribution in [-0.4, -0.2) is 17.4 Å². The number of amides is 1. The number of hydrogen-bond donors (Lipinski definition) is 2. The van der Waals surface area contributed by atoms with E-state index in [4.69, 9.17) is 18.0 Å².